The maximum absolute atomic E-state index is 14.4. The highest BCUT2D eigenvalue weighted by molar-refractivity contribution is 7.92. The molecule has 1 aliphatic rings. The third kappa shape index (κ3) is 9.87. The van der Waals surface area contributed by atoms with Crippen molar-refractivity contribution in [2.45, 2.75) is 77.0 Å². The molecule has 0 spiro atoms. The van der Waals surface area contributed by atoms with Crippen LogP contribution < -0.4 is 14.8 Å². The third-order valence-corrected chi connectivity index (χ3v) is 10.1. The fraction of sp³-hybridized carbons (Fsp3) is 0.500. The maximum atomic E-state index is 14.4. The smallest absolute Gasteiger partial charge is 0.321 e. The monoisotopic (exact) mass is 719 g/mol. The van der Waals surface area contributed by atoms with Gasteiger partial charge in [-0.15, -0.1) is 0 Å². The Labute approximate surface area is 292 Å². The average Bonchev–Trinajstić information content (AvgIpc) is 3.38. The number of anilines is 2. The van der Waals surface area contributed by atoms with Gasteiger partial charge in [0, 0.05) is 43.4 Å². The number of nitrogens with one attached hydrogen (secondary N) is 2. The molecule has 0 fully saturated rings. The number of hydrogen-bond acceptors (Lipinski definition) is 9. The van der Waals surface area contributed by atoms with E-state index in [1.165, 1.54) is 40.1 Å². The van der Waals surface area contributed by atoms with Gasteiger partial charge >= 0.3 is 6.03 Å². The summed E-state index contributed by atoms with van der Waals surface area (Å²) >= 11 is 5.95. The van der Waals surface area contributed by atoms with Crippen LogP contribution in [0.25, 0.3) is 0 Å². The quantitative estimate of drug-likeness (QED) is 0.265. The molecule has 3 N–H and O–H groups in total. The summed E-state index contributed by atoms with van der Waals surface area (Å²) in [7, 11) is -2.34. The van der Waals surface area contributed by atoms with Gasteiger partial charge in [-0.3, -0.25) is 9.52 Å². The Morgan fingerprint density at radius 2 is 1.88 bits per heavy atom. The third-order valence-electron chi connectivity index (χ3n) is 8.49. The highest BCUT2D eigenvalue weighted by atomic mass is 35.5. The number of aromatic nitrogens is 1. The van der Waals surface area contributed by atoms with E-state index in [0.717, 1.165) is 12.8 Å². The van der Waals surface area contributed by atoms with Gasteiger partial charge < -0.3 is 34.2 Å². The first-order valence-electron chi connectivity index (χ1n) is 16.3. The molecule has 13 nitrogen and oxygen atoms in total. The van der Waals surface area contributed by atoms with E-state index in [4.69, 9.17) is 25.6 Å². The molecule has 2 aromatic carbocycles. The number of hydrogen-bond donors (Lipinski definition) is 3. The normalized spacial score (nSPS) is 20.0. The van der Waals surface area contributed by atoms with Crippen LogP contribution in [0.15, 0.2) is 51.9 Å². The second-order valence-electron chi connectivity index (χ2n) is 12.6. The molecule has 0 radical (unpaired) electrons. The van der Waals surface area contributed by atoms with E-state index in [9.17, 15) is 23.1 Å². The van der Waals surface area contributed by atoms with Gasteiger partial charge in [-0.2, -0.15) is 0 Å². The van der Waals surface area contributed by atoms with Crippen molar-refractivity contribution in [2.75, 3.05) is 43.4 Å². The Hall–Kier alpha value is -3.85. The number of likely N-dealkylation sites (N-methyl/N-ethyl adjacent to an activating group) is 1. The minimum absolute atomic E-state index is 0.00827. The Bertz CT molecular complexity index is 1680. The zero-order chi connectivity index (χ0) is 35.9. The molecular formula is C34H46ClN5O8S. The fourth-order valence-corrected chi connectivity index (χ4v) is 6.67. The number of aliphatic hydroxyl groups is 1. The van der Waals surface area contributed by atoms with Crippen molar-refractivity contribution in [1.82, 2.24) is 15.0 Å². The van der Waals surface area contributed by atoms with Crippen molar-refractivity contribution in [1.29, 1.82) is 0 Å². The molecule has 0 unspecified atom stereocenters. The largest absolute Gasteiger partial charge is 0.490 e. The molecule has 0 saturated heterocycles. The van der Waals surface area contributed by atoms with Crippen molar-refractivity contribution < 1.29 is 37.1 Å². The summed E-state index contributed by atoms with van der Waals surface area (Å²) in [5, 5.41) is 17.4. The van der Waals surface area contributed by atoms with Crippen molar-refractivity contribution in [3.05, 3.63) is 64.5 Å². The number of urea groups is 1. The fourth-order valence-electron chi connectivity index (χ4n) is 5.49. The number of rotatable bonds is 8. The molecule has 0 aliphatic carbocycles. The van der Waals surface area contributed by atoms with E-state index < -0.39 is 28.1 Å². The van der Waals surface area contributed by atoms with E-state index in [1.807, 2.05) is 13.8 Å². The predicted octanol–water partition coefficient (Wildman–Crippen LogP) is 5.71. The number of fused-ring (bicyclic) bond motifs is 1. The van der Waals surface area contributed by atoms with E-state index in [-0.39, 0.29) is 53.9 Å². The van der Waals surface area contributed by atoms with E-state index >= 15 is 0 Å². The number of benzene rings is 2. The number of ether oxygens (including phenoxy) is 2. The van der Waals surface area contributed by atoms with Gasteiger partial charge in [-0.25, -0.2) is 13.2 Å². The van der Waals surface area contributed by atoms with Crippen LogP contribution in [0, 0.1) is 19.8 Å². The molecule has 3 amide bonds. The van der Waals surface area contributed by atoms with E-state index in [2.05, 4.69) is 15.2 Å². The highest BCUT2D eigenvalue weighted by Crippen LogP contribution is 2.30. The van der Waals surface area contributed by atoms with Crippen molar-refractivity contribution in [2.24, 2.45) is 5.92 Å². The first kappa shape index (κ1) is 38.0. The summed E-state index contributed by atoms with van der Waals surface area (Å²) in [6, 6.07) is 9.35. The first-order chi connectivity index (χ1) is 23.2. The van der Waals surface area contributed by atoms with Gasteiger partial charge in [0.05, 0.1) is 35.3 Å². The molecule has 4 atom stereocenters. The molecule has 0 bridgehead atoms. The second-order valence-corrected chi connectivity index (χ2v) is 14.7. The first-order valence-corrected chi connectivity index (χ1v) is 18.1. The summed E-state index contributed by atoms with van der Waals surface area (Å²) in [6.07, 6.45) is 1.50. The maximum Gasteiger partial charge on any atom is 0.321 e. The summed E-state index contributed by atoms with van der Waals surface area (Å²) in [5.74, 6) is 0.0530. The summed E-state index contributed by atoms with van der Waals surface area (Å²) < 4.78 is 46.7. The lowest BCUT2D eigenvalue weighted by Gasteiger charge is -2.35. The van der Waals surface area contributed by atoms with Crippen LogP contribution in [0.4, 0.5) is 16.2 Å². The van der Waals surface area contributed by atoms with Crippen LogP contribution in [0.5, 0.6) is 5.75 Å². The zero-order valence-electron chi connectivity index (χ0n) is 28.7. The standard InChI is InChI=1S/C34H46ClN5O8S/c1-21-18-40(22(2)20-41)33(42)29-17-27(38-49(44,45)28-13-10-26(35)11-14-28)12-15-30(29)47-23(3)9-7-8-16-46-31(21)19-39(6)34(43)36-32-24(4)37-48-25(32)5/h10-15,17,21-23,31,38,41H,7-9,16,18-20H2,1-6H3,(H,36,43)/t21-,22-,23+,31+/m0/s1. The molecule has 1 aliphatic heterocycles. The number of carbonyl (C=O) groups is 2. The highest BCUT2D eigenvalue weighted by Gasteiger charge is 2.31. The summed E-state index contributed by atoms with van der Waals surface area (Å²) in [4.78, 5) is 30.6. The van der Waals surface area contributed by atoms with Crippen LogP contribution >= 0.6 is 11.6 Å². The number of aryl methyl sites for hydroxylation is 2. The molecule has 268 valence electrons. The van der Waals surface area contributed by atoms with Gasteiger partial charge in [-0.05, 0) is 89.4 Å². The number of sulfonamides is 1. The van der Waals surface area contributed by atoms with Crippen LogP contribution in [0.2, 0.25) is 5.02 Å². The lowest BCUT2D eigenvalue weighted by atomic mass is 10.0. The second kappa shape index (κ2) is 16.7. The Morgan fingerprint density at radius 1 is 1.16 bits per heavy atom. The zero-order valence-corrected chi connectivity index (χ0v) is 30.3. The number of nitrogens with zero attached hydrogens (tertiary/aromatic N) is 3. The molecule has 3 aromatic rings. The van der Waals surface area contributed by atoms with E-state index in [0.29, 0.717) is 40.9 Å². The number of carbonyl (C=O) groups excluding carboxylic acids is 2. The van der Waals surface area contributed by atoms with Gasteiger partial charge in [0.2, 0.25) is 0 Å². The topological polar surface area (TPSA) is 164 Å². The molecule has 1 aromatic heterocycles. The molecule has 15 heteroatoms. The Morgan fingerprint density at radius 3 is 2.53 bits per heavy atom. The van der Waals surface area contributed by atoms with Crippen LogP contribution in [-0.2, 0) is 14.8 Å². The molecular weight excluding hydrogens is 674 g/mol. The average molecular weight is 720 g/mol. The SMILES string of the molecule is Cc1noc(C)c1NC(=O)N(C)C[C@H]1OCCCC[C@@H](C)Oc2ccc(NS(=O)(=O)c3ccc(Cl)cc3)cc2C(=O)N([C@@H](C)CO)C[C@@H]1C. The lowest BCUT2D eigenvalue weighted by molar-refractivity contribution is -0.0115. The van der Waals surface area contributed by atoms with E-state index in [1.54, 1.807) is 40.0 Å². The Balaban J connectivity index is 1.63. The summed E-state index contributed by atoms with van der Waals surface area (Å²) in [5.41, 5.74) is 1.38. The van der Waals surface area contributed by atoms with Crippen LogP contribution in [0.1, 0.15) is 61.8 Å². The predicted molar refractivity (Wildman–Crippen MR) is 187 cm³/mol. The number of amides is 3. The Kier molecular flexibility index (Phi) is 12.9. The van der Waals surface area contributed by atoms with Crippen molar-refractivity contribution >= 4 is 44.9 Å². The van der Waals surface area contributed by atoms with Crippen molar-refractivity contribution in [3.8, 4) is 5.75 Å². The number of aliphatic hydroxyl groups excluding tert-OH is 1. The molecule has 4 rings (SSSR count). The molecule has 0 saturated carbocycles. The minimum Gasteiger partial charge on any atom is -0.490 e. The van der Waals surface area contributed by atoms with Gasteiger partial charge in [-0.1, -0.05) is 23.7 Å². The summed E-state index contributed by atoms with van der Waals surface area (Å²) in [6.45, 7) is 9.53. The number of halogens is 1. The van der Waals surface area contributed by atoms with Gasteiger partial charge in [0.25, 0.3) is 15.9 Å². The lowest BCUT2D eigenvalue weighted by Crippen LogP contribution is -2.48. The van der Waals surface area contributed by atoms with Gasteiger partial charge in [0.15, 0.2) is 5.76 Å². The molecule has 2 heterocycles. The van der Waals surface area contributed by atoms with Crippen LogP contribution in [0.3, 0.4) is 0 Å². The minimum atomic E-state index is -4.00. The molecule has 49 heavy (non-hydrogen) atoms. The van der Waals surface area contributed by atoms with Crippen molar-refractivity contribution in [3.63, 3.8) is 0 Å². The van der Waals surface area contributed by atoms with Gasteiger partial charge in [0.1, 0.15) is 17.1 Å². The van der Waals surface area contributed by atoms with Crippen LogP contribution in [-0.4, -0.2) is 92.0 Å².